The van der Waals surface area contributed by atoms with Gasteiger partial charge in [-0.05, 0) is 44.7 Å². The minimum atomic E-state index is 0.0713. The van der Waals surface area contributed by atoms with Crippen molar-refractivity contribution >= 4 is 5.91 Å². The molecule has 144 valence electrons. The smallest absolute Gasteiger partial charge is 0.223 e. The lowest BCUT2D eigenvalue weighted by Gasteiger charge is -2.24. The number of rotatable bonds is 5. The summed E-state index contributed by atoms with van der Waals surface area (Å²) in [6.45, 7) is 4.66. The van der Waals surface area contributed by atoms with Crippen LogP contribution in [0.1, 0.15) is 48.0 Å². The van der Waals surface area contributed by atoms with Gasteiger partial charge in [-0.1, -0.05) is 41.6 Å². The largest absolute Gasteiger partial charge is 0.361 e. The second kappa shape index (κ2) is 7.97. The molecule has 3 heterocycles. The van der Waals surface area contributed by atoms with Crippen molar-refractivity contribution in [1.29, 1.82) is 0 Å². The molecule has 0 bridgehead atoms. The van der Waals surface area contributed by atoms with Crippen LogP contribution < -0.4 is 0 Å². The molecule has 0 saturated carbocycles. The molecule has 1 aliphatic heterocycles. The number of hydrogen-bond donors (Lipinski definition) is 0. The van der Waals surface area contributed by atoms with Gasteiger partial charge in [0.15, 0.2) is 0 Å². The maximum Gasteiger partial charge on any atom is 0.223 e. The zero-order valence-corrected chi connectivity index (χ0v) is 16.4. The Kier molecular flexibility index (Phi) is 5.24. The van der Waals surface area contributed by atoms with Crippen molar-refractivity contribution < 1.29 is 9.32 Å². The first kappa shape index (κ1) is 18.4. The first-order valence-electron chi connectivity index (χ1n) is 9.86. The number of nitrogens with zero attached hydrogens (tertiary/aromatic N) is 3. The van der Waals surface area contributed by atoms with Crippen molar-refractivity contribution in [3.63, 3.8) is 0 Å². The molecule has 5 nitrogen and oxygen atoms in total. The third kappa shape index (κ3) is 3.70. The van der Waals surface area contributed by atoms with E-state index in [0.717, 1.165) is 54.1 Å². The summed E-state index contributed by atoms with van der Waals surface area (Å²) in [6.07, 6.45) is 5.18. The number of hydrogen-bond acceptors (Lipinski definition) is 4. The van der Waals surface area contributed by atoms with Crippen molar-refractivity contribution in [2.45, 2.75) is 45.6 Å². The average molecular weight is 375 g/mol. The normalized spacial score (nSPS) is 16.5. The standard InChI is InChI=1S/C23H25N3O2/c1-16-23(17(2)28-25-16)19-11-12-20(24-15-19)21-9-6-14-26(21)22(27)13-10-18-7-4-3-5-8-18/h3-5,7-8,11-12,15,21H,6,9-10,13-14H2,1-2H3. The highest BCUT2D eigenvalue weighted by Crippen LogP contribution is 2.33. The zero-order chi connectivity index (χ0) is 19.5. The van der Waals surface area contributed by atoms with Gasteiger partial charge in [-0.25, -0.2) is 0 Å². The number of benzene rings is 1. The molecule has 0 radical (unpaired) electrons. The van der Waals surface area contributed by atoms with Gasteiger partial charge in [0, 0.05) is 30.3 Å². The lowest BCUT2D eigenvalue weighted by molar-refractivity contribution is -0.132. The molecule has 1 atom stereocenters. The summed E-state index contributed by atoms with van der Waals surface area (Å²) in [6, 6.07) is 14.3. The monoisotopic (exact) mass is 375 g/mol. The van der Waals surface area contributed by atoms with Crippen molar-refractivity contribution in [2.75, 3.05) is 6.54 Å². The first-order valence-corrected chi connectivity index (χ1v) is 9.86. The quantitative estimate of drug-likeness (QED) is 0.651. The van der Waals surface area contributed by atoms with Crippen molar-refractivity contribution in [2.24, 2.45) is 0 Å². The number of likely N-dealkylation sites (tertiary alicyclic amines) is 1. The fourth-order valence-electron chi connectivity index (χ4n) is 4.06. The highest BCUT2D eigenvalue weighted by molar-refractivity contribution is 5.77. The Morgan fingerprint density at radius 1 is 1.18 bits per heavy atom. The van der Waals surface area contributed by atoms with Gasteiger partial charge in [0.2, 0.25) is 5.91 Å². The van der Waals surface area contributed by atoms with Gasteiger partial charge in [-0.3, -0.25) is 9.78 Å². The van der Waals surface area contributed by atoms with Crippen molar-refractivity contribution in [3.05, 3.63) is 71.4 Å². The van der Waals surface area contributed by atoms with Crippen LogP contribution in [-0.2, 0) is 11.2 Å². The highest BCUT2D eigenvalue weighted by Gasteiger charge is 2.30. The molecule has 5 heteroatoms. The molecule has 1 fully saturated rings. The Balaban J connectivity index is 1.46. The van der Waals surface area contributed by atoms with Crippen LogP contribution in [-0.4, -0.2) is 27.5 Å². The topological polar surface area (TPSA) is 59.2 Å². The maximum atomic E-state index is 12.8. The second-order valence-corrected chi connectivity index (χ2v) is 7.40. The van der Waals surface area contributed by atoms with Crippen LogP contribution in [0.4, 0.5) is 0 Å². The van der Waals surface area contributed by atoms with Crippen LogP contribution in [0.2, 0.25) is 0 Å². The van der Waals surface area contributed by atoms with Gasteiger partial charge in [-0.15, -0.1) is 0 Å². The fraction of sp³-hybridized carbons (Fsp3) is 0.348. The Hall–Kier alpha value is -2.95. The summed E-state index contributed by atoms with van der Waals surface area (Å²) in [4.78, 5) is 19.5. The molecule has 2 aromatic heterocycles. The summed E-state index contributed by atoms with van der Waals surface area (Å²) in [7, 11) is 0. The molecule has 1 amide bonds. The van der Waals surface area contributed by atoms with E-state index in [1.165, 1.54) is 5.56 Å². The molecule has 1 saturated heterocycles. The molecular weight excluding hydrogens is 350 g/mol. The van der Waals surface area contributed by atoms with Gasteiger partial charge >= 0.3 is 0 Å². The van der Waals surface area contributed by atoms with E-state index in [9.17, 15) is 4.79 Å². The maximum absolute atomic E-state index is 12.8. The number of aromatic nitrogens is 2. The van der Waals surface area contributed by atoms with Gasteiger partial charge in [0.05, 0.1) is 17.4 Å². The minimum Gasteiger partial charge on any atom is -0.361 e. The van der Waals surface area contributed by atoms with Crippen LogP contribution in [0.5, 0.6) is 0 Å². The summed E-state index contributed by atoms with van der Waals surface area (Å²) < 4.78 is 5.26. The third-order valence-electron chi connectivity index (χ3n) is 5.49. The molecule has 0 N–H and O–H groups in total. The van der Waals surface area contributed by atoms with Crippen LogP contribution >= 0.6 is 0 Å². The van der Waals surface area contributed by atoms with Gasteiger partial charge in [-0.2, -0.15) is 0 Å². The van der Waals surface area contributed by atoms with E-state index in [1.54, 1.807) is 0 Å². The minimum absolute atomic E-state index is 0.0713. The van der Waals surface area contributed by atoms with E-state index in [1.807, 2.05) is 49.2 Å². The van der Waals surface area contributed by atoms with Gasteiger partial charge in [0.1, 0.15) is 5.76 Å². The molecule has 1 unspecified atom stereocenters. The summed E-state index contributed by atoms with van der Waals surface area (Å²) >= 11 is 0. The average Bonchev–Trinajstić information content (AvgIpc) is 3.34. The number of carbonyl (C=O) groups excluding carboxylic acids is 1. The Labute approximate surface area is 165 Å². The number of carbonyl (C=O) groups is 1. The van der Waals surface area contributed by atoms with E-state index < -0.39 is 0 Å². The lowest BCUT2D eigenvalue weighted by Crippen LogP contribution is -2.31. The van der Waals surface area contributed by atoms with E-state index in [0.29, 0.717) is 6.42 Å². The predicted octanol–water partition coefficient (Wildman–Crippen LogP) is 4.65. The molecule has 0 aliphatic carbocycles. The van der Waals surface area contributed by atoms with Crippen molar-refractivity contribution in [1.82, 2.24) is 15.0 Å². The Bertz CT molecular complexity index is 928. The second-order valence-electron chi connectivity index (χ2n) is 7.40. The van der Waals surface area contributed by atoms with Gasteiger partial charge in [0.25, 0.3) is 0 Å². The van der Waals surface area contributed by atoms with Crippen LogP contribution in [0.25, 0.3) is 11.1 Å². The Morgan fingerprint density at radius 2 is 2.00 bits per heavy atom. The third-order valence-corrected chi connectivity index (χ3v) is 5.49. The molecular formula is C23H25N3O2. The molecule has 4 rings (SSSR count). The SMILES string of the molecule is Cc1noc(C)c1-c1ccc(C2CCCN2C(=O)CCc2ccccc2)nc1. The van der Waals surface area contributed by atoms with Crippen molar-refractivity contribution in [3.8, 4) is 11.1 Å². The lowest BCUT2D eigenvalue weighted by atomic mass is 10.0. The summed E-state index contributed by atoms with van der Waals surface area (Å²) in [5, 5.41) is 4.02. The number of aryl methyl sites for hydroxylation is 3. The van der Waals surface area contributed by atoms with Crippen LogP contribution in [0.3, 0.4) is 0 Å². The summed E-state index contributed by atoms with van der Waals surface area (Å²) in [5.41, 5.74) is 5.03. The molecule has 28 heavy (non-hydrogen) atoms. The number of pyridine rings is 1. The van der Waals surface area contributed by atoms with E-state index in [-0.39, 0.29) is 11.9 Å². The predicted molar refractivity (Wildman–Crippen MR) is 108 cm³/mol. The molecule has 1 aliphatic rings. The summed E-state index contributed by atoms with van der Waals surface area (Å²) in [5.74, 6) is 1.01. The first-order chi connectivity index (χ1) is 13.6. The molecule has 0 spiro atoms. The molecule has 3 aromatic rings. The zero-order valence-electron chi connectivity index (χ0n) is 16.4. The van der Waals surface area contributed by atoms with Crippen LogP contribution in [0.15, 0.2) is 53.2 Å². The Morgan fingerprint density at radius 3 is 2.68 bits per heavy atom. The van der Waals surface area contributed by atoms with E-state index in [4.69, 9.17) is 4.52 Å². The highest BCUT2D eigenvalue weighted by atomic mass is 16.5. The van der Waals surface area contributed by atoms with Crippen LogP contribution in [0, 0.1) is 13.8 Å². The van der Waals surface area contributed by atoms with E-state index >= 15 is 0 Å². The number of amides is 1. The van der Waals surface area contributed by atoms with E-state index in [2.05, 4.69) is 28.3 Å². The molecule has 1 aromatic carbocycles. The van der Waals surface area contributed by atoms with Gasteiger partial charge < -0.3 is 9.42 Å². The fourth-order valence-corrected chi connectivity index (χ4v) is 4.06.